The molecule has 2 aromatic carbocycles. The highest BCUT2D eigenvalue weighted by molar-refractivity contribution is 6.15. The molecule has 0 unspecified atom stereocenters. The van der Waals surface area contributed by atoms with Gasteiger partial charge < -0.3 is 4.57 Å². The lowest BCUT2D eigenvalue weighted by atomic mass is 9.80. The first-order valence-corrected chi connectivity index (χ1v) is 11.7. The van der Waals surface area contributed by atoms with Gasteiger partial charge in [-0.05, 0) is 40.8 Å². The van der Waals surface area contributed by atoms with Gasteiger partial charge >= 0.3 is 0 Å². The van der Waals surface area contributed by atoms with Gasteiger partial charge in [0, 0.05) is 28.2 Å². The predicted octanol–water partition coefficient (Wildman–Crippen LogP) is 8.68. The monoisotopic (exact) mass is 419 g/mol. The Bertz CT molecular complexity index is 1320. The van der Waals surface area contributed by atoms with E-state index in [2.05, 4.69) is 97.8 Å². The van der Waals surface area contributed by atoms with Crippen molar-refractivity contribution < 1.29 is 0 Å². The number of hydrogen-bond acceptors (Lipinski definition) is 0. The van der Waals surface area contributed by atoms with E-state index in [9.17, 15) is 0 Å². The summed E-state index contributed by atoms with van der Waals surface area (Å²) in [6.07, 6.45) is 20.3. The van der Waals surface area contributed by atoms with E-state index in [0.717, 1.165) is 13.0 Å². The van der Waals surface area contributed by atoms with Crippen LogP contribution >= 0.6 is 0 Å². The molecule has 32 heavy (non-hydrogen) atoms. The fraction of sp³-hybridized carbons (Fsp3) is 0.226. The Morgan fingerprint density at radius 1 is 0.938 bits per heavy atom. The van der Waals surface area contributed by atoms with Gasteiger partial charge in [-0.2, -0.15) is 0 Å². The summed E-state index contributed by atoms with van der Waals surface area (Å²) in [5, 5.41) is 2.72. The van der Waals surface area contributed by atoms with Crippen molar-refractivity contribution in [3.63, 3.8) is 0 Å². The number of fused-ring (bicyclic) bond motifs is 6. The Labute approximate surface area is 192 Å². The molecule has 1 aromatic heterocycles. The van der Waals surface area contributed by atoms with Gasteiger partial charge in [-0.25, -0.2) is 0 Å². The average Bonchev–Trinajstić information content (AvgIpc) is 3.08. The first-order valence-electron chi connectivity index (χ1n) is 11.7. The van der Waals surface area contributed by atoms with E-state index >= 15 is 0 Å². The predicted molar refractivity (Wildman–Crippen MR) is 142 cm³/mol. The van der Waals surface area contributed by atoms with Gasteiger partial charge in [0.05, 0.1) is 5.52 Å². The summed E-state index contributed by atoms with van der Waals surface area (Å²) in [6, 6.07) is 13.5. The Morgan fingerprint density at radius 2 is 1.72 bits per heavy atom. The fourth-order valence-electron chi connectivity index (χ4n) is 5.06. The molecule has 1 nitrogen and oxygen atoms in total. The second kappa shape index (κ2) is 9.04. The van der Waals surface area contributed by atoms with Crippen molar-refractivity contribution in [2.24, 2.45) is 0 Å². The van der Waals surface area contributed by atoms with Crippen LogP contribution in [-0.2, 0) is 12.0 Å². The zero-order valence-electron chi connectivity index (χ0n) is 19.7. The summed E-state index contributed by atoms with van der Waals surface area (Å²) in [5.41, 5.74) is 8.29. The van der Waals surface area contributed by atoms with Crippen LogP contribution < -0.4 is 0 Å². The normalized spacial score (nSPS) is 16.5. The topological polar surface area (TPSA) is 4.93 Å². The minimum atomic E-state index is 0.0165. The van der Waals surface area contributed by atoms with E-state index in [1.165, 1.54) is 44.1 Å². The maximum Gasteiger partial charge on any atom is 0.0500 e. The Morgan fingerprint density at radius 3 is 2.53 bits per heavy atom. The van der Waals surface area contributed by atoms with Crippen molar-refractivity contribution in [1.82, 2.24) is 4.57 Å². The van der Waals surface area contributed by atoms with Crippen molar-refractivity contribution in [1.29, 1.82) is 0 Å². The highest BCUT2D eigenvalue weighted by Crippen LogP contribution is 2.51. The molecule has 0 N–H and O–H groups in total. The van der Waals surface area contributed by atoms with Crippen LogP contribution in [0.3, 0.4) is 0 Å². The molecule has 0 bridgehead atoms. The molecular formula is C31H33N. The van der Waals surface area contributed by atoms with Crippen LogP contribution in [0.1, 0.15) is 45.2 Å². The van der Waals surface area contributed by atoms with Crippen LogP contribution in [0, 0.1) is 0 Å². The smallest absolute Gasteiger partial charge is 0.0500 e. The van der Waals surface area contributed by atoms with Crippen LogP contribution in [-0.4, -0.2) is 4.57 Å². The van der Waals surface area contributed by atoms with E-state index in [0.29, 0.717) is 0 Å². The van der Waals surface area contributed by atoms with Gasteiger partial charge in [-0.1, -0.05) is 113 Å². The number of benzene rings is 2. The van der Waals surface area contributed by atoms with Crippen molar-refractivity contribution in [3.05, 3.63) is 114 Å². The van der Waals surface area contributed by atoms with E-state index in [4.69, 9.17) is 0 Å². The summed E-state index contributed by atoms with van der Waals surface area (Å²) in [6.45, 7) is 13.3. The van der Waals surface area contributed by atoms with E-state index in [-0.39, 0.29) is 5.41 Å². The second-order valence-electron chi connectivity index (χ2n) is 8.55. The molecule has 0 saturated carbocycles. The molecule has 162 valence electrons. The Hall–Kier alpha value is -3.32. The molecule has 0 aliphatic heterocycles. The molecule has 0 saturated heterocycles. The van der Waals surface area contributed by atoms with Crippen LogP contribution in [0.5, 0.6) is 0 Å². The maximum absolute atomic E-state index is 3.73. The number of hydrogen-bond donors (Lipinski definition) is 0. The lowest BCUT2D eigenvalue weighted by molar-refractivity contribution is 0.654. The summed E-state index contributed by atoms with van der Waals surface area (Å²) in [5.74, 6) is 0. The molecule has 5 rings (SSSR count). The highest BCUT2D eigenvalue weighted by Gasteiger charge is 2.37. The number of allylic oxidation sites excluding steroid dienone is 11. The first-order chi connectivity index (χ1) is 15.6. The van der Waals surface area contributed by atoms with Gasteiger partial charge in [-0.3, -0.25) is 0 Å². The van der Waals surface area contributed by atoms with Crippen molar-refractivity contribution >= 4 is 27.4 Å². The van der Waals surface area contributed by atoms with E-state index < -0.39 is 0 Å². The Kier molecular flexibility index (Phi) is 6.19. The summed E-state index contributed by atoms with van der Waals surface area (Å²) >= 11 is 0. The molecule has 0 fully saturated rings. The fourth-order valence-corrected chi connectivity index (χ4v) is 5.06. The highest BCUT2D eigenvalue weighted by atomic mass is 15.0. The molecule has 2 aliphatic carbocycles. The largest absolute Gasteiger partial charge is 0.337 e. The quantitative estimate of drug-likeness (QED) is 0.373. The molecule has 0 atom stereocenters. The van der Waals surface area contributed by atoms with Crippen LogP contribution in [0.25, 0.3) is 27.4 Å². The van der Waals surface area contributed by atoms with Crippen molar-refractivity contribution in [3.8, 4) is 0 Å². The lowest BCUT2D eigenvalue weighted by Crippen LogP contribution is -2.16. The third-order valence-corrected chi connectivity index (χ3v) is 6.47. The second-order valence-corrected chi connectivity index (χ2v) is 8.55. The third kappa shape index (κ3) is 3.42. The van der Waals surface area contributed by atoms with Gasteiger partial charge in [0.1, 0.15) is 0 Å². The number of nitrogens with zero attached hydrogens (tertiary/aromatic N) is 1. The molecule has 0 spiro atoms. The zero-order valence-corrected chi connectivity index (χ0v) is 19.7. The van der Waals surface area contributed by atoms with Gasteiger partial charge in [-0.15, -0.1) is 0 Å². The molecular weight excluding hydrogens is 386 g/mol. The number of aromatic nitrogens is 1. The molecule has 2 aliphatic rings. The zero-order chi connectivity index (χ0) is 22.7. The van der Waals surface area contributed by atoms with Gasteiger partial charge in [0.15, 0.2) is 0 Å². The van der Waals surface area contributed by atoms with E-state index in [1.54, 1.807) is 6.08 Å². The minimum absolute atomic E-state index is 0.0165. The molecule has 1 heteroatoms. The average molecular weight is 420 g/mol. The third-order valence-electron chi connectivity index (χ3n) is 6.47. The van der Waals surface area contributed by atoms with Crippen molar-refractivity contribution in [2.75, 3.05) is 0 Å². The maximum atomic E-state index is 3.73. The number of rotatable bonds is 4. The first kappa shape index (κ1) is 21.9. The van der Waals surface area contributed by atoms with Crippen molar-refractivity contribution in [2.45, 2.75) is 46.1 Å². The Balaban J connectivity index is 0.00000119. The minimum Gasteiger partial charge on any atom is -0.337 e. The lowest BCUT2D eigenvalue weighted by Gasteiger charge is -2.23. The summed E-state index contributed by atoms with van der Waals surface area (Å²) in [4.78, 5) is 0. The van der Waals surface area contributed by atoms with Gasteiger partial charge in [0.2, 0.25) is 0 Å². The SMILES string of the molecule is C=C/C=C\C=C/Cn1c2ccccc2c2c3c(ccc21)C(C)(C)C1=C3C=CCC=C1.CC. The summed E-state index contributed by atoms with van der Waals surface area (Å²) < 4.78 is 2.44. The molecule has 0 radical (unpaired) electrons. The molecule has 3 aromatic rings. The van der Waals surface area contributed by atoms with E-state index in [1.807, 2.05) is 26.0 Å². The molecule has 1 heterocycles. The summed E-state index contributed by atoms with van der Waals surface area (Å²) in [7, 11) is 0. The van der Waals surface area contributed by atoms with Gasteiger partial charge in [0.25, 0.3) is 0 Å². The van der Waals surface area contributed by atoms with Crippen LogP contribution in [0.4, 0.5) is 0 Å². The number of para-hydroxylation sites is 1. The molecule has 0 amide bonds. The van der Waals surface area contributed by atoms with Crippen LogP contribution in [0.15, 0.2) is 103 Å². The van der Waals surface area contributed by atoms with Crippen LogP contribution in [0.2, 0.25) is 0 Å². The standard InChI is InChI=1S/C29H27N.C2H6/c1-4-5-6-7-13-20-30-25-17-12-11-15-22(25)28-26(30)19-18-24-27(28)21-14-9-8-10-16-23(21)29(24,2)3;1-2/h4-7,9-19H,1,8,20H2,2-3H3;1-2H3/b6-5-,13-7-;.